The van der Waals surface area contributed by atoms with Gasteiger partial charge in [0, 0.05) is 26.8 Å². The second-order valence-electron chi connectivity index (χ2n) is 4.97. The molecule has 1 rings (SSSR count). The summed E-state index contributed by atoms with van der Waals surface area (Å²) in [5, 5.41) is 8.40. The number of aryl methyl sites for hydroxylation is 2. The SMILES string of the molecule is Cc1nn(C)c(CNCCCOCC(C)C)c1Cl. The average molecular weight is 274 g/mol. The normalized spacial score (nSPS) is 11.4. The summed E-state index contributed by atoms with van der Waals surface area (Å²) in [4.78, 5) is 0. The summed E-state index contributed by atoms with van der Waals surface area (Å²) in [6.07, 6.45) is 1.02. The third-order valence-electron chi connectivity index (χ3n) is 2.65. The van der Waals surface area contributed by atoms with Gasteiger partial charge in [0.05, 0.1) is 16.4 Å². The van der Waals surface area contributed by atoms with Gasteiger partial charge in [0.1, 0.15) is 0 Å². The van der Waals surface area contributed by atoms with Crippen molar-refractivity contribution in [2.24, 2.45) is 13.0 Å². The maximum atomic E-state index is 6.16. The smallest absolute Gasteiger partial charge is 0.0860 e. The fourth-order valence-electron chi connectivity index (χ4n) is 1.70. The van der Waals surface area contributed by atoms with Gasteiger partial charge in [-0.3, -0.25) is 4.68 Å². The van der Waals surface area contributed by atoms with E-state index in [4.69, 9.17) is 16.3 Å². The van der Waals surface area contributed by atoms with Crippen molar-refractivity contribution in [3.05, 3.63) is 16.4 Å². The number of hydrogen-bond acceptors (Lipinski definition) is 3. The van der Waals surface area contributed by atoms with Crippen molar-refractivity contribution >= 4 is 11.6 Å². The van der Waals surface area contributed by atoms with Crippen LogP contribution in [0.25, 0.3) is 0 Å². The van der Waals surface area contributed by atoms with Crippen molar-refractivity contribution in [1.29, 1.82) is 0 Å². The maximum absolute atomic E-state index is 6.16. The quantitative estimate of drug-likeness (QED) is 0.740. The van der Waals surface area contributed by atoms with Crippen LogP contribution in [0.3, 0.4) is 0 Å². The molecule has 0 aromatic carbocycles. The standard InChI is InChI=1S/C13H24ClN3O/c1-10(2)9-18-7-5-6-15-8-12-13(14)11(3)16-17(12)4/h10,15H,5-9H2,1-4H3. The summed E-state index contributed by atoms with van der Waals surface area (Å²) in [6, 6.07) is 0. The number of rotatable bonds is 8. The van der Waals surface area contributed by atoms with E-state index in [1.807, 2.05) is 18.7 Å². The molecule has 0 aliphatic rings. The first-order chi connectivity index (χ1) is 8.52. The van der Waals surface area contributed by atoms with Crippen LogP contribution in [0.1, 0.15) is 31.7 Å². The zero-order chi connectivity index (χ0) is 13.5. The number of ether oxygens (including phenoxy) is 1. The lowest BCUT2D eigenvalue weighted by Crippen LogP contribution is -2.19. The molecule has 1 N–H and O–H groups in total. The van der Waals surface area contributed by atoms with Gasteiger partial charge in [-0.05, 0) is 25.8 Å². The molecule has 0 aliphatic heterocycles. The Morgan fingerprint density at radius 1 is 1.44 bits per heavy atom. The second kappa shape index (κ2) is 7.77. The lowest BCUT2D eigenvalue weighted by molar-refractivity contribution is 0.108. The first-order valence-corrected chi connectivity index (χ1v) is 6.86. The molecule has 0 saturated carbocycles. The molecular weight excluding hydrogens is 250 g/mol. The van der Waals surface area contributed by atoms with Crippen LogP contribution in [0.5, 0.6) is 0 Å². The van der Waals surface area contributed by atoms with Crippen molar-refractivity contribution in [2.75, 3.05) is 19.8 Å². The Bertz CT molecular complexity index is 363. The molecular formula is C13H24ClN3O. The topological polar surface area (TPSA) is 39.1 Å². The Labute approximate surface area is 115 Å². The van der Waals surface area contributed by atoms with Gasteiger partial charge in [0.25, 0.3) is 0 Å². The van der Waals surface area contributed by atoms with E-state index in [1.54, 1.807) is 0 Å². The van der Waals surface area contributed by atoms with Crippen LogP contribution in [0.15, 0.2) is 0 Å². The highest BCUT2D eigenvalue weighted by Gasteiger charge is 2.09. The molecule has 0 unspecified atom stereocenters. The summed E-state index contributed by atoms with van der Waals surface area (Å²) < 4.78 is 7.35. The van der Waals surface area contributed by atoms with Crippen LogP contribution in [-0.2, 0) is 18.3 Å². The molecule has 0 amide bonds. The molecule has 0 aliphatic carbocycles. The zero-order valence-corrected chi connectivity index (χ0v) is 12.5. The van der Waals surface area contributed by atoms with Gasteiger partial charge in [0.2, 0.25) is 0 Å². The Morgan fingerprint density at radius 3 is 2.72 bits per heavy atom. The van der Waals surface area contributed by atoms with E-state index in [0.717, 1.165) is 49.1 Å². The largest absolute Gasteiger partial charge is 0.381 e. The molecule has 0 saturated heterocycles. The third-order valence-corrected chi connectivity index (χ3v) is 3.14. The average Bonchev–Trinajstić information content (AvgIpc) is 2.53. The van der Waals surface area contributed by atoms with E-state index in [9.17, 15) is 0 Å². The van der Waals surface area contributed by atoms with E-state index < -0.39 is 0 Å². The highest BCUT2D eigenvalue weighted by Crippen LogP contribution is 2.18. The van der Waals surface area contributed by atoms with Gasteiger partial charge >= 0.3 is 0 Å². The second-order valence-corrected chi connectivity index (χ2v) is 5.35. The van der Waals surface area contributed by atoms with Crippen molar-refractivity contribution in [2.45, 2.75) is 33.7 Å². The number of halogens is 1. The molecule has 1 heterocycles. The van der Waals surface area contributed by atoms with Crippen LogP contribution in [0, 0.1) is 12.8 Å². The van der Waals surface area contributed by atoms with Crippen LogP contribution < -0.4 is 5.32 Å². The molecule has 0 radical (unpaired) electrons. The first-order valence-electron chi connectivity index (χ1n) is 6.48. The number of nitrogens with one attached hydrogen (secondary N) is 1. The molecule has 1 aromatic heterocycles. The Hall–Kier alpha value is -0.580. The molecule has 1 aromatic rings. The van der Waals surface area contributed by atoms with E-state index in [0.29, 0.717) is 5.92 Å². The Kier molecular flexibility index (Phi) is 6.68. The molecule has 4 nitrogen and oxygen atoms in total. The highest BCUT2D eigenvalue weighted by molar-refractivity contribution is 6.31. The molecule has 0 bridgehead atoms. The van der Waals surface area contributed by atoms with E-state index >= 15 is 0 Å². The Balaban J connectivity index is 2.14. The van der Waals surface area contributed by atoms with Gasteiger partial charge in [-0.15, -0.1) is 0 Å². The predicted molar refractivity (Wildman–Crippen MR) is 74.9 cm³/mol. The van der Waals surface area contributed by atoms with Gasteiger partial charge < -0.3 is 10.1 Å². The fourth-order valence-corrected chi connectivity index (χ4v) is 1.92. The molecule has 18 heavy (non-hydrogen) atoms. The maximum Gasteiger partial charge on any atom is 0.0860 e. The summed E-state index contributed by atoms with van der Waals surface area (Å²) >= 11 is 6.16. The van der Waals surface area contributed by atoms with E-state index in [1.165, 1.54) is 0 Å². The van der Waals surface area contributed by atoms with Crippen molar-refractivity contribution in [1.82, 2.24) is 15.1 Å². The number of aromatic nitrogens is 2. The monoisotopic (exact) mass is 273 g/mol. The van der Waals surface area contributed by atoms with Crippen molar-refractivity contribution in [3.63, 3.8) is 0 Å². The minimum Gasteiger partial charge on any atom is -0.381 e. The first kappa shape index (κ1) is 15.5. The lowest BCUT2D eigenvalue weighted by atomic mass is 10.2. The zero-order valence-electron chi connectivity index (χ0n) is 11.8. The molecule has 0 atom stereocenters. The minimum absolute atomic E-state index is 0.606. The van der Waals surface area contributed by atoms with Gasteiger partial charge in [-0.2, -0.15) is 5.10 Å². The van der Waals surface area contributed by atoms with E-state index in [-0.39, 0.29) is 0 Å². The van der Waals surface area contributed by atoms with Gasteiger partial charge in [-0.1, -0.05) is 25.4 Å². The summed E-state index contributed by atoms with van der Waals surface area (Å²) in [5.74, 6) is 0.606. The van der Waals surface area contributed by atoms with E-state index in [2.05, 4.69) is 24.3 Å². The van der Waals surface area contributed by atoms with Crippen LogP contribution in [-0.4, -0.2) is 29.5 Å². The van der Waals surface area contributed by atoms with Gasteiger partial charge in [-0.25, -0.2) is 0 Å². The molecule has 0 spiro atoms. The fraction of sp³-hybridized carbons (Fsp3) is 0.769. The third kappa shape index (κ3) is 4.96. The summed E-state index contributed by atoms with van der Waals surface area (Å²) in [7, 11) is 1.92. The molecule has 0 fully saturated rings. The van der Waals surface area contributed by atoms with Crippen LogP contribution >= 0.6 is 11.6 Å². The summed E-state index contributed by atoms with van der Waals surface area (Å²) in [6.45, 7) is 9.57. The predicted octanol–water partition coefficient (Wildman–Crippen LogP) is 2.53. The van der Waals surface area contributed by atoms with Gasteiger partial charge in [0.15, 0.2) is 0 Å². The highest BCUT2D eigenvalue weighted by atomic mass is 35.5. The van der Waals surface area contributed by atoms with Crippen molar-refractivity contribution < 1.29 is 4.74 Å². The molecule has 104 valence electrons. The van der Waals surface area contributed by atoms with Crippen molar-refractivity contribution in [3.8, 4) is 0 Å². The van der Waals surface area contributed by atoms with Crippen LogP contribution in [0.4, 0.5) is 0 Å². The lowest BCUT2D eigenvalue weighted by Gasteiger charge is -2.08. The Morgan fingerprint density at radius 2 is 2.17 bits per heavy atom. The minimum atomic E-state index is 0.606. The molecule has 5 heteroatoms. The summed E-state index contributed by atoms with van der Waals surface area (Å²) in [5.41, 5.74) is 1.92. The number of hydrogen-bond donors (Lipinski definition) is 1. The van der Waals surface area contributed by atoms with Crippen LogP contribution in [0.2, 0.25) is 5.02 Å². The number of nitrogens with zero attached hydrogens (tertiary/aromatic N) is 2.